The van der Waals surface area contributed by atoms with E-state index in [0.717, 1.165) is 16.1 Å². The topological polar surface area (TPSA) is 68.5 Å². The maximum absolute atomic E-state index is 4.14. The molecule has 0 aliphatic heterocycles. The van der Waals surface area contributed by atoms with Crippen molar-refractivity contribution in [3.8, 4) is 0 Å². The van der Waals surface area contributed by atoms with Crippen molar-refractivity contribution in [3.63, 3.8) is 0 Å². The van der Waals surface area contributed by atoms with E-state index in [0.29, 0.717) is 6.54 Å². The van der Waals surface area contributed by atoms with Crippen molar-refractivity contribution >= 4 is 21.7 Å². The number of nitrogens with zero attached hydrogens (tertiary/aromatic N) is 5. The maximum atomic E-state index is 4.14. The van der Waals surface area contributed by atoms with Gasteiger partial charge in [0.2, 0.25) is 0 Å². The van der Waals surface area contributed by atoms with Crippen molar-refractivity contribution < 1.29 is 0 Å². The summed E-state index contributed by atoms with van der Waals surface area (Å²) in [4.78, 5) is 12.0. The van der Waals surface area contributed by atoms with Gasteiger partial charge in [0.1, 0.15) is 18.5 Å². The van der Waals surface area contributed by atoms with Crippen LogP contribution < -0.4 is 5.32 Å². The molecule has 0 bridgehead atoms. The predicted octanol–water partition coefficient (Wildman–Crippen LogP) is 0.980. The van der Waals surface area contributed by atoms with Crippen molar-refractivity contribution in [1.29, 1.82) is 0 Å². The first-order valence-corrected chi connectivity index (χ1v) is 5.09. The Morgan fingerprint density at radius 3 is 3.00 bits per heavy atom. The van der Waals surface area contributed by atoms with Crippen molar-refractivity contribution in [2.75, 3.05) is 5.32 Å². The monoisotopic (exact) mass is 268 g/mol. The minimum Gasteiger partial charge on any atom is -0.362 e. The average molecular weight is 269 g/mol. The Labute approximate surface area is 94.9 Å². The highest BCUT2D eigenvalue weighted by Crippen LogP contribution is 2.17. The zero-order chi connectivity index (χ0) is 10.7. The molecule has 2 aromatic rings. The summed E-state index contributed by atoms with van der Waals surface area (Å²) in [5, 5.41) is 7.25. The average Bonchev–Trinajstić information content (AvgIpc) is 2.63. The minimum atomic E-state index is 0.538. The summed E-state index contributed by atoms with van der Waals surface area (Å²) >= 11 is 3.34. The Hall–Kier alpha value is -1.50. The van der Waals surface area contributed by atoms with Gasteiger partial charge in [-0.1, -0.05) is 0 Å². The lowest BCUT2D eigenvalue weighted by Gasteiger charge is -2.03. The molecule has 0 saturated heterocycles. The van der Waals surface area contributed by atoms with Gasteiger partial charge < -0.3 is 5.32 Å². The van der Waals surface area contributed by atoms with Gasteiger partial charge in [0.05, 0.1) is 11.0 Å². The van der Waals surface area contributed by atoms with E-state index in [1.807, 2.05) is 7.05 Å². The van der Waals surface area contributed by atoms with Gasteiger partial charge in [-0.2, -0.15) is 5.10 Å². The summed E-state index contributed by atoms with van der Waals surface area (Å²) in [6.07, 6.45) is 4.83. The molecule has 0 spiro atoms. The number of hydrogen-bond donors (Lipinski definition) is 1. The first-order chi connectivity index (χ1) is 7.25. The molecule has 15 heavy (non-hydrogen) atoms. The van der Waals surface area contributed by atoms with E-state index in [9.17, 15) is 0 Å². The maximum Gasteiger partial charge on any atom is 0.169 e. The number of nitrogens with one attached hydrogen (secondary N) is 1. The normalized spacial score (nSPS) is 10.3. The largest absolute Gasteiger partial charge is 0.362 e. The molecule has 2 rings (SSSR count). The van der Waals surface area contributed by atoms with Crippen molar-refractivity contribution in [3.05, 3.63) is 29.1 Å². The predicted molar refractivity (Wildman–Crippen MR) is 58.1 cm³/mol. The SMILES string of the molecule is Cn1cnc(CNc2ncncc2Br)n1. The molecule has 0 fully saturated rings. The molecular weight excluding hydrogens is 260 g/mol. The zero-order valence-electron chi connectivity index (χ0n) is 8.05. The fourth-order valence-corrected chi connectivity index (χ4v) is 1.43. The molecule has 0 aromatic carbocycles. The van der Waals surface area contributed by atoms with E-state index in [4.69, 9.17) is 0 Å². The highest BCUT2D eigenvalue weighted by atomic mass is 79.9. The molecule has 0 radical (unpaired) electrons. The summed E-state index contributed by atoms with van der Waals surface area (Å²) < 4.78 is 2.48. The molecule has 0 aliphatic carbocycles. The van der Waals surface area contributed by atoms with Gasteiger partial charge in [0.15, 0.2) is 5.82 Å². The molecule has 7 heteroatoms. The molecule has 1 N–H and O–H groups in total. The van der Waals surface area contributed by atoms with E-state index in [1.54, 1.807) is 17.2 Å². The van der Waals surface area contributed by atoms with E-state index in [1.165, 1.54) is 6.33 Å². The lowest BCUT2D eigenvalue weighted by Crippen LogP contribution is -2.04. The van der Waals surface area contributed by atoms with Crippen LogP contribution in [-0.4, -0.2) is 24.7 Å². The number of aryl methyl sites for hydroxylation is 1. The molecule has 0 saturated carbocycles. The lowest BCUT2D eigenvalue weighted by molar-refractivity contribution is 0.747. The molecule has 0 aliphatic rings. The Morgan fingerprint density at radius 2 is 2.33 bits per heavy atom. The standard InChI is InChI=1S/C8H9BrN6/c1-15-5-13-7(14-15)3-11-8-6(9)2-10-4-12-8/h2,4-5H,3H2,1H3,(H,10,11,12). The fraction of sp³-hybridized carbons (Fsp3) is 0.250. The highest BCUT2D eigenvalue weighted by Gasteiger charge is 2.02. The van der Waals surface area contributed by atoms with E-state index < -0.39 is 0 Å². The molecule has 0 atom stereocenters. The van der Waals surface area contributed by atoms with Gasteiger partial charge in [-0.05, 0) is 15.9 Å². The van der Waals surface area contributed by atoms with Crippen LogP contribution in [0.5, 0.6) is 0 Å². The highest BCUT2D eigenvalue weighted by molar-refractivity contribution is 9.10. The number of hydrogen-bond acceptors (Lipinski definition) is 5. The third-order valence-electron chi connectivity index (χ3n) is 1.73. The van der Waals surface area contributed by atoms with Crippen molar-refractivity contribution in [2.24, 2.45) is 7.05 Å². The smallest absolute Gasteiger partial charge is 0.169 e. The Bertz CT molecular complexity index is 454. The van der Waals surface area contributed by atoms with Crippen molar-refractivity contribution in [2.45, 2.75) is 6.54 Å². The van der Waals surface area contributed by atoms with Crippen LogP contribution in [0.4, 0.5) is 5.82 Å². The van der Waals surface area contributed by atoms with Crippen molar-refractivity contribution in [1.82, 2.24) is 24.7 Å². The first kappa shape index (κ1) is 10.0. The third kappa shape index (κ3) is 2.50. The molecule has 2 aromatic heterocycles. The number of halogens is 1. The van der Waals surface area contributed by atoms with Crippen LogP contribution in [-0.2, 0) is 13.6 Å². The molecule has 0 amide bonds. The van der Waals surface area contributed by atoms with Gasteiger partial charge in [-0.15, -0.1) is 0 Å². The zero-order valence-corrected chi connectivity index (χ0v) is 9.64. The van der Waals surface area contributed by atoms with Crippen LogP contribution >= 0.6 is 15.9 Å². The summed E-state index contributed by atoms with van der Waals surface area (Å²) in [5.74, 6) is 1.46. The van der Waals surface area contributed by atoms with Gasteiger partial charge >= 0.3 is 0 Å². The van der Waals surface area contributed by atoms with Crippen LogP contribution in [0.1, 0.15) is 5.82 Å². The summed E-state index contributed by atoms with van der Waals surface area (Å²) in [6.45, 7) is 0.538. The van der Waals surface area contributed by atoms with E-state index in [-0.39, 0.29) is 0 Å². The number of rotatable bonds is 3. The van der Waals surface area contributed by atoms with Crippen LogP contribution in [0, 0.1) is 0 Å². The summed E-state index contributed by atoms with van der Waals surface area (Å²) in [5.41, 5.74) is 0. The van der Waals surface area contributed by atoms with Gasteiger partial charge in [0.25, 0.3) is 0 Å². The Balaban J connectivity index is 2.02. The number of anilines is 1. The van der Waals surface area contributed by atoms with E-state index in [2.05, 4.69) is 41.3 Å². The Morgan fingerprint density at radius 1 is 1.47 bits per heavy atom. The second kappa shape index (κ2) is 4.35. The van der Waals surface area contributed by atoms with E-state index >= 15 is 0 Å². The third-order valence-corrected chi connectivity index (χ3v) is 2.31. The first-order valence-electron chi connectivity index (χ1n) is 4.29. The summed E-state index contributed by atoms with van der Waals surface area (Å²) in [6, 6.07) is 0. The molecule has 78 valence electrons. The van der Waals surface area contributed by atoms with Gasteiger partial charge in [-0.25, -0.2) is 15.0 Å². The second-order valence-electron chi connectivity index (χ2n) is 2.91. The molecule has 6 nitrogen and oxygen atoms in total. The molecular formula is C8H9BrN6. The Kier molecular flexibility index (Phi) is 2.91. The molecule has 0 unspecified atom stereocenters. The van der Waals surface area contributed by atoms with Crippen LogP contribution in [0.25, 0.3) is 0 Å². The fourth-order valence-electron chi connectivity index (χ4n) is 1.07. The molecule has 2 heterocycles. The quantitative estimate of drug-likeness (QED) is 0.899. The van der Waals surface area contributed by atoms with Gasteiger partial charge in [-0.3, -0.25) is 4.68 Å². The number of aromatic nitrogens is 5. The summed E-state index contributed by atoms with van der Waals surface area (Å²) in [7, 11) is 1.83. The minimum absolute atomic E-state index is 0.538. The van der Waals surface area contributed by atoms with Gasteiger partial charge in [0, 0.05) is 13.2 Å². The van der Waals surface area contributed by atoms with Crippen LogP contribution in [0.2, 0.25) is 0 Å². The van der Waals surface area contributed by atoms with Crippen LogP contribution in [0.3, 0.4) is 0 Å². The van der Waals surface area contributed by atoms with Crippen LogP contribution in [0.15, 0.2) is 23.3 Å². The lowest BCUT2D eigenvalue weighted by atomic mass is 10.5. The second-order valence-corrected chi connectivity index (χ2v) is 3.76.